The van der Waals surface area contributed by atoms with Crippen molar-refractivity contribution >= 4 is 11.4 Å². The van der Waals surface area contributed by atoms with Crippen LogP contribution < -0.4 is 10.6 Å². The zero-order valence-corrected chi connectivity index (χ0v) is 9.94. The van der Waals surface area contributed by atoms with E-state index >= 15 is 0 Å². The SMILES string of the molecule is CN(C)c1ccc(-c2cc(N)ccc2F)cc1. The Labute approximate surface area is 100 Å². The zero-order valence-electron chi connectivity index (χ0n) is 9.94. The minimum absolute atomic E-state index is 0.253. The van der Waals surface area contributed by atoms with Crippen LogP contribution in [0.3, 0.4) is 0 Å². The van der Waals surface area contributed by atoms with Gasteiger partial charge < -0.3 is 10.6 Å². The summed E-state index contributed by atoms with van der Waals surface area (Å²) in [5, 5.41) is 0. The first-order valence-electron chi connectivity index (χ1n) is 5.41. The third-order valence-corrected chi connectivity index (χ3v) is 2.69. The van der Waals surface area contributed by atoms with E-state index in [9.17, 15) is 4.39 Å². The first-order valence-corrected chi connectivity index (χ1v) is 5.41. The predicted molar refractivity (Wildman–Crippen MR) is 70.6 cm³/mol. The molecule has 0 radical (unpaired) electrons. The number of hydrogen-bond acceptors (Lipinski definition) is 2. The molecule has 0 unspecified atom stereocenters. The van der Waals surface area contributed by atoms with Gasteiger partial charge in [-0.05, 0) is 35.9 Å². The Kier molecular flexibility index (Phi) is 3.00. The highest BCUT2D eigenvalue weighted by Gasteiger charge is 2.05. The van der Waals surface area contributed by atoms with Crippen molar-refractivity contribution in [3.05, 3.63) is 48.3 Å². The lowest BCUT2D eigenvalue weighted by Gasteiger charge is -2.13. The quantitative estimate of drug-likeness (QED) is 0.803. The van der Waals surface area contributed by atoms with E-state index in [1.54, 1.807) is 12.1 Å². The molecule has 2 aromatic carbocycles. The highest BCUT2D eigenvalue weighted by molar-refractivity contribution is 5.69. The molecule has 2 N–H and O–H groups in total. The molecule has 0 amide bonds. The molecule has 0 saturated heterocycles. The van der Waals surface area contributed by atoms with Crippen molar-refractivity contribution in [1.29, 1.82) is 0 Å². The van der Waals surface area contributed by atoms with Crippen molar-refractivity contribution in [1.82, 2.24) is 0 Å². The van der Waals surface area contributed by atoms with E-state index in [0.29, 0.717) is 11.3 Å². The topological polar surface area (TPSA) is 29.3 Å². The number of hydrogen-bond donors (Lipinski definition) is 1. The van der Waals surface area contributed by atoms with E-state index < -0.39 is 0 Å². The molecule has 17 heavy (non-hydrogen) atoms. The van der Waals surface area contributed by atoms with Crippen LogP contribution in [0.4, 0.5) is 15.8 Å². The summed E-state index contributed by atoms with van der Waals surface area (Å²) in [7, 11) is 3.94. The minimum Gasteiger partial charge on any atom is -0.399 e. The lowest BCUT2D eigenvalue weighted by Crippen LogP contribution is -2.07. The van der Waals surface area contributed by atoms with Gasteiger partial charge in [-0.25, -0.2) is 4.39 Å². The van der Waals surface area contributed by atoms with Crippen LogP contribution >= 0.6 is 0 Å². The lowest BCUT2D eigenvalue weighted by atomic mass is 10.0. The van der Waals surface area contributed by atoms with E-state index in [2.05, 4.69) is 0 Å². The molecule has 3 heteroatoms. The highest BCUT2D eigenvalue weighted by Crippen LogP contribution is 2.26. The Balaban J connectivity index is 2.43. The standard InChI is InChI=1S/C14H15FN2/c1-17(2)12-6-3-10(4-7-12)13-9-11(16)5-8-14(13)15/h3-9H,16H2,1-2H3. The summed E-state index contributed by atoms with van der Waals surface area (Å²) < 4.78 is 13.6. The summed E-state index contributed by atoms with van der Waals surface area (Å²) in [6.07, 6.45) is 0. The van der Waals surface area contributed by atoms with Gasteiger partial charge in [0.2, 0.25) is 0 Å². The van der Waals surface area contributed by atoms with Crippen LogP contribution in [0.5, 0.6) is 0 Å². The van der Waals surface area contributed by atoms with Gasteiger partial charge >= 0.3 is 0 Å². The highest BCUT2D eigenvalue weighted by atomic mass is 19.1. The molecule has 0 saturated carbocycles. The number of nitrogens with two attached hydrogens (primary N) is 1. The Morgan fingerprint density at radius 2 is 1.65 bits per heavy atom. The molecule has 0 fully saturated rings. The van der Waals surface area contributed by atoms with Gasteiger partial charge in [0.1, 0.15) is 5.82 Å². The van der Waals surface area contributed by atoms with Crippen LogP contribution in [-0.2, 0) is 0 Å². The van der Waals surface area contributed by atoms with Gasteiger partial charge in [0.05, 0.1) is 0 Å². The number of nitrogens with zero attached hydrogens (tertiary/aromatic N) is 1. The summed E-state index contributed by atoms with van der Waals surface area (Å²) in [5.41, 5.74) is 8.69. The van der Waals surface area contributed by atoms with Gasteiger partial charge in [-0.3, -0.25) is 0 Å². The van der Waals surface area contributed by atoms with Crippen LogP contribution in [0.15, 0.2) is 42.5 Å². The van der Waals surface area contributed by atoms with Crippen molar-refractivity contribution in [2.24, 2.45) is 0 Å². The Morgan fingerprint density at radius 1 is 1.00 bits per heavy atom. The molecule has 88 valence electrons. The van der Waals surface area contributed by atoms with Crippen LogP contribution in [0.2, 0.25) is 0 Å². The van der Waals surface area contributed by atoms with Gasteiger partial charge in [0.25, 0.3) is 0 Å². The average molecular weight is 230 g/mol. The van der Waals surface area contributed by atoms with Crippen LogP contribution in [0.25, 0.3) is 11.1 Å². The number of benzene rings is 2. The molecule has 0 aliphatic heterocycles. The molecule has 2 nitrogen and oxygen atoms in total. The normalized spacial score (nSPS) is 10.3. The van der Waals surface area contributed by atoms with Crippen molar-refractivity contribution < 1.29 is 4.39 Å². The molecule has 2 aromatic rings. The smallest absolute Gasteiger partial charge is 0.131 e. The largest absolute Gasteiger partial charge is 0.399 e. The zero-order chi connectivity index (χ0) is 12.4. The molecule has 0 atom stereocenters. The fourth-order valence-corrected chi connectivity index (χ4v) is 1.70. The number of rotatable bonds is 2. The summed E-state index contributed by atoms with van der Waals surface area (Å²) in [4.78, 5) is 2.00. The van der Waals surface area contributed by atoms with Gasteiger partial charge in [-0.15, -0.1) is 0 Å². The lowest BCUT2D eigenvalue weighted by molar-refractivity contribution is 0.631. The van der Waals surface area contributed by atoms with E-state index in [-0.39, 0.29) is 5.82 Å². The third kappa shape index (κ3) is 2.38. The number of anilines is 2. The molecule has 0 bridgehead atoms. The molecular formula is C14H15FN2. The van der Waals surface area contributed by atoms with Crippen LogP contribution in [-0.4, -0.2) is 14.1 Å². The summed E-state index contributed by atoms with van der Waals surface area (Å²) in [6.45, 7) is 0. The molecule has 0 heterocycles. The molecular weight excluding hydrogens is 215 g/mol. The average Bonchev–Trinajstić information content (AvgIpc) is 2.32. The Morgan fingerprint density at radius 3 is 2.24 bits per heavy atom. The Hall–Kier alpha value is -2.03. The predicted octanol–water partition coefficient (Wildman–Crippen LogP) is 3.14. The molecule has 0 aromatic heterocycles. The van der Waals surface area contributed by atoms with Crippen LogP contribution in [0.1, 0.15) is 0 Å². The van der Waals surface area contributed by atoms with Gasteiger partial charge in [-0.2, -0.15) is 0 Å². The van der Waals surface area contributed by atoms with Crippen molar-refractivity contribution in [3.8, 4) is 11.1 Å². The first-order chi connectivity index (χ1) is 8.08. The maximum absolute atomic E-state index is 13.6. The Bertz CT molecular complexity index is 518. The van der Waals surface area contributed by atoms with E-state index in [0.717, 1.165) is 11.3 Å². The van der Waals surface area contributed by atoms with Crippen molar-refractivity contribution in [2.75, 3.05) is 24.7 Å². The molecule has 0 aliphatic rings. The van der Waals surface area contributed by atoms with E-state index in [1.165, 1.54) is 6.07 Å². The van der Waals surface area contributed by atoms with Crippen LogP contribution in [0, 0.1) is 5.82 Å². The first kappa shape index (κ1) is 11.5. The minimum atomic E-state index is -0.253. The summed E-state index contributed by atoms with van der Waals surface area (Å²) in [6, 6.07) is 12.3. The molecule has 0 aliphatic carbocycles. The van der Waals surface area contributed by atoms with Gasteiger partial charge in [0.15, 0.2) is 0 Å². The van der Waals surface area contributed by atoms with Gasteiger partial charge in [-0.1, -0.05) is 12.1 Å². The maximum atomic E-state index is 13.6. The maximum Gasteiger partial charge on any atom is 0.131 e. The second kappa shape index (κ2) is 4.45. The fraction of sp³-hybridized carbons (Fsp3) is 0.143. The molecule has 2 rings (SSSR count). The number of halogens is 1. The fourth-order valence-electron chi connectivity index (χ4n) is 1.70. The van der Waals surface area contributed by atoms with Gasteiger partial charge in [0, 0.05) is 31.0 Å². The summed E-state index contributed by atoms with van der Waals surface area (Å²) >= 11 is 0. The third-order valence-electron chi connectivity index (χ3n) is 2.69. The summed E-state index contributed by atoms with van der Waals surface area (Å²) in [5.74, 6) is -0.253. The van der Waals surface area contributed by atoms with E-state index in [1.807, 2.05) is 43.3 Å². The second-order valence-corrected chi connectivity index (χ2v) is 4.18. The van der Waals surface area contributed by atoms with E-state index in [4.69, 9.17) is 5.73 Å². The number of nitrogen functional groups attached to an aromatic ring is 1. The van der Waals surface area contributed by atoms with Crippen molar-refractivity contribution in [2.45, 2.75) is 0 Å². The molecule has 0 spiro atoms. The monoisotopic (exact) mass is 230 g/mol. The second-order valence-electron chi connectivity index (χ2n) is 4.18. The van der Waals surface area contributed by atoms with Crippen molar-refractivity contribution in [3.63, 3.8) is 0 Å².